The number of piperidine rings is 1. The fourth-order valence-corrected chi connectivity index (χ4v) is 5.86. The second kappa shape index (κ2) is 10.4. The van der Waals surface area contributed by atoms with E-state index in [1.165, 1.54) is 17.7 Å². The summed E-state index contributed by atoms with van der Waals surface area (Å²) in [5.41, 5.74) is -2.67. The Bertz CT molecular complexity index is 1120. The van der Waals surface area contributed by atoms with Crippen LogP contribution in [0.25, 0.3) is 0 Å². The van der Waals surface area contributed by atoms with E-state index in [1.54, 1.807) is 12.1 Å². The van der Waals surface area contributed by atoms with Crippen LogP contribution in [-0.4, -0.2) is 72.0 Å². The standard InChI is InChI=1S/C27H28ClF6N3O/c28-21-3-1-17(2-4-21)23-16-37(8-7-24(23)36-11-9-35(10-12-36)22-5-6-22)25(38)18-13-19(26(29,30)31)15-20(14-18)27(32,33)34/h1-4,13-15,22-24H,5-12,16H2. The molecule has 2 aliphatic heterocycles. The molecule has 3 aliphatic rings. The fourth-order valence-electron chi connectivity index (χ4n) is 5.73. The predicted octanol–water partition coefficient (Wildman–Crippen LogP) is 6.16. The lowest BCUT2D eigenvalue weighted by Crippen LogP contribution is -2.56. The molecule has 2 unspecified atom stereocenters. The molecule has 5 rings (SSSR count). The zero-order valence-electron chi connectivity index (χ0n) is 20.5. The second-order valence-corrected chi connectivity index (χ2v) is 10.8. The zero-order valence-corrected chi connectivity index (χ0v) is 21.3. The number of hydrogen-bond acceptors (Lipinski definition) is 3. The molecule has 0 radical (unpaired) electrons. The maximum atomic E-state index is 13.4. The third-order valence-corrected chi connectivity index (χ3v) is 8.13. The van der Waals surface area contributed by atoms with Gasteiger partial charge in [-0.1, -0.05) is 23.7 Å². The maximum absolute atomic E-state index is 13.4. The predicted molar refractivity (Wildman–Crippen MR) is 131 cm³/mol. The molecule has 2 aromatic rings. The lowest BCUT2D eigenvalue weighted by molar-refractivity contribution is -0.143. The van der Waals surface area contributed by atoms with Crippen LogP contribution in [0, 0.1) is 0 Å². The van der Waals surface area contributed by atoms with E-state index in [1.807, 2.05) is 12.1 Å². The Labute approximate surface area is 222 Å². The molecular formula is C27H28ClF6N3O. The van der Waals surface area contributed by atoms with Crippen molar-refractivity contribution in [3.63, 3.8) is 0 Å². The van der Waals surface area contributed by atoms with Gasteiger partial charge >= 0.3 is 12.4 Å². The van der Waals surface area contributed by atoms with Crippen LogP contribution in [0.1, 0.15) is 52.2 Å². The summed E-state index contributed by atoms with van der Waals surface area (Å²) >= 11 is 6.09. The molecule has 0 N–H and O–H groups in total. The summed E-state index contributed by atoms with van der Waals surface area (Å²) in [4.78, 5) is 19.6. The minimum absolute atomic E-state index is 0.0425. The van der Waals surface area contributed by atoms with E-state index >= 15 is 0 Å². The first-order valence-electron chi connectivity index (χ1n) is 12.7. The molecule has 0 aromatic heterocycles. The van der Waals surface area contributed by atoms with Crippen molar-refractivity contribution in [3.05, 3.63) is 69.7 Å². The molecule has 1 amide bonds. The lowest BCUT2D eigenvalue weighted by atomic mass is 9.84. The van der Waals surface area contributed by atoms with Crippen LogP contribution in [-0.2, 0) is 12.4 Å². The molecule has 1 saturated carbocycles. The minimum atomic E-state index is -5.02. The van der Waals surface area contributed by atoms with Gasteiger partial charge in [0, 0.05) is 67.9 Å². The molecule has 11 heteroatoms. The summed E-state index contributed by atoms with van der Waals surface area (Å²) in [5.74, 6) is -0.997. The van der Waals surface area contributed by atoms with E-state index in [-0.39, 0.29) is 31.1 Å². The van der Waals surface area contributed by atoms with Crippen molar-refractivity contribution >= 4 is 17.5 Å². The van der Waals surface area contributed by atoms with Crippen molar-refractivity contribution in [2.24, 2.45) is 0 Å². The first kappa shape index (κ1) is 27.3. The molecule has 2 saturated heterocycles. The fraction of sp³-hybridized carbons (Fsp3) is 0.519. The Hall–Kier alpha value is -2.30. The number of alkyl halides is 6. The molecule has 0 spiro atoms. The molecule has 38 heavy (non-hydrogen) atoms. The minimum Gasteiger partial charge on any atom is -0.338 e. The quantitative estimate of drug-likeness (QED) is 0.420. The van der Waals surface area contributed by atoms with Crippen LogP contribution < -0.4 is 0 Å². The van der Waals surface area contributed by atoms with E-state index in [0.29, 0.717) is 29.6 Å². The van der Waals surface area contributed by atoms with Crippen molar-refractivity contribution in [2.75, 3.05) is 39.3 Å². The van der Waals surface area contributed by atoms with Gasteiger partial charge in [0.1, 0.15) is 0 Å². The SMILES string of the molecule is O=C(c1cc(C(F)(F)F)cc(C(F)(F)F)c1)N1CCC(N2CCN(C3CC3)CC2)C(c2ccc(Cl)cc2)C1. The molecule has 1 aliphatic carbocycles. The van der Waals surface area contributed by atoms with Crippen LogP contribution in [0.3, 0.4) is 0 Å². The molecule has 206 valence electrons. The Kier molecular flexibility index (Phi) is 7.43. The first-order chi connectivity index (χ1) is 17.9. The summed E-state index contributed by atoms with van der Waals surface area (Å²) in [5, 5.41) is 0.552. The normalized spacial score (nSPS) is 24.0. The van der Waals surface area contributed by atoms with Crippen molar-refractivity contribution in [1.82, 2.24) is 14.7 Å². The van der Waals surface area contributed by atoms with Crippen LogP contribution in [0.4, 0.5) is 26.3 Å². The summed E-state index contributed by atoms with van der Waals surface area (Å²) < 4.78 is 80.3. The smallest absolute Gasteiger partial charge is 0.338 e. The number of carbonyl (C=O) groups is 1. The lowest BCUT2D eigenvalue weighted by Gasteiger charge is -2.47. The van der Waals surface area contributed by atoms with Crippen molar-refractivity contribution in [3.8, 4) is 0 Å². The highest BCUT2D eigenvalue weighted by atomic mass is 35.5. The largest absolute Gasteiger partial charge is 0.416 e. The highest BCUT2D eigenvalue weighted by Gasteiger charge is 2.41. The zero-order chi connectivity index (χ0) is 27.2. The van der Waals surface area contributed by atoms with Crippen LogP contribution in [0.15, 0.2) is 42.5 Å². The Morgan fingerprint density at radius 1 is 0.763 bits per heavy atom. The van der Waals surface area contributed by atoms with Gasteiger partial charge in [-0.05, 0) is 55.2 Å². The number of hydrogen-bond donors (Lipinski definition) is 0. The second-order valence-electron chi connectivity index (χ2n) is 10.4. The number of halogens is 7. The van der Waals surface area contributed by atoms with Gasteiger partial charge in [-0.2, -0.15) is 26.3 Å². The van der Waals surface area contributed by atoms with Crippen molar-refractivity contribution in [1.29, 1.82) is 0 Å². The highest BCUT2D eigenvalue weighted by Crippen LogP contribution is 2.38. The van der Waals surface area contributed by atoms with Crippen molar-refractivity contribution in [2.45, 2.75) is 49.6 Å². The molecular weight excluding hydrogens is 532 g/mol. The van der Waals surface area contributed by atoms with E-state index in [9.17, 15) is 31.1 Å². The van der Waals surface area contributed by atoms with Crippen molar-refractivity contribution < 1.29 is 31.1 Å². The molecule has 0 bridgehead atoms. The van der Waals surface area contributed by atoms with E-state index in [2.05, 4.69) is 9.80 Å². The van der Waals surface area contributed by atoms with Crippen LogP contribution in [0.2, 0.25) is 5.02 Å². The third kappa shape index (κ3) is 5.97. The van der Waals surface area contributed by atoms with Crippen LogP contribution in [0.5, 0.6) is 0 Å². The highest BCUT2D eigenvalue weighted by molar-refractivity contribution is 6.30. The van der Waals surface area contributed by atoms with Gasteiger partial charge in [-0.15, -0.1) is 0 Å². The van der Waals surface area contributed by atoms with E-state index in [4.69, 9.17) is 11.6 Å². The number of piperazine rings is 1. The molecule has 2 heterocycles. The summed E-state index contributed by atoms with van der Waals surface area (Å²) in [6.07, 6.45) is -7.00. The summed E-state index contributed by atoms with van der Waals surface area (Å²) in [7, 11) is 0. The molecule has 3 fully saturated rings. The number of nitrogens with zero attached hydrogens (tertiary/aromatic N) is 3. The van der Waals surface area contributed by atoms with E-state index in [0.717, 1.165) is 31.7 Å². The van der Waals surface area contributed by atoms with Gasteiger partial charge in [0.15, 0.2) is 0 Å². The van der Waals surface area contributed by atoms with Gasteiger partial charge in [-0.25, -0.2) is 0 Å². The maximum Gasteiger partial charge on any atom is 0.416 e. The van der Waals surface area contributed by atoms with E-state index < -0.39 is 35.0 Å². The Balaban J connectivity index is 1.40. The first-order valence-corrected chi connectivity index (χ1v) is 13.1. The van der Waals surface area contributed by atoms with Gasteiger partial charge in [0.2, 0.25) is 0 Å². The third-order valence-electron chi connectivity index (χ3n) is 7.88. The van der Waals surface area contributed by atoms with Gasteiger partial charge < -0.3 is 4.90 Å². The van der Waals surface area contributed by atoms with Gasteiger partial charge in [-0.3, -0.25) is 14.6 Å². The number of carbonyl (C=O) groups excluding carboxylic acids is 1. The monoisotopic (exact) mass is 559 g/mol. The molecule has 4 nitrogen and oxygen atoms in total. The summed E-state index contributed by atoms with van der Waals surface area (Å²) in [6, 6.07) is 9.09. The molecule has 2 atom stereocenters. The number of amides is 1. The number of likely N-dealkylation sites (tertiary alicyclic amines) is 1. The van der Waals surface area contributed by atoms with Gasteiger partial charge in [0.25, 0.3) is 5.91 Å². The Morgan fingerprint density at radius 2 is 1.32 bits per heavy atom. The topological polar surface area (TPSA) is 26.8 Å². The molecule has 2 aromatic carbocycles. The number of rotatable bonds is 4. The van der Waals surface area contributed by atoms with Crippen LogP contribution >= 0.6 is 11.6 Å². The van der Waals surface area contributed by atoms with Gasteiger partial charge in [0.05, 0.1) is 11.1 Å². The Morgan fingerprint density at radius 3 is 1.84 bits per heavy atom. The summed E-state index contributed by atoms with van der Waals surface area (Å²) in [6.45, 7) is 4.10. The average molecular weight is 560 g/mol. The average Bonchev–Trinajstić information content (AvgIpc) is 3.73. The number of benzene rings is 2.